The number of hydrogen-bond donors (Lipinski definition) is 2. The molecule has 0 unspecified atom stereocenters. The Hall–Kier alpha value is -2.42. The molecule has 124 valence electrons. The second-order valence-electron chi connectivity index (χ2n) is 5.02. The Morgan fingerprint density at radius 1 is 1.35 bits per heavy atom. The summed E-state index contributed by atoms with van der Waals surface area (Å²) in [7, 11) is 0. The molecule has 0 spiro atoms. The number of nitrogens with zero attached hydrogens (tertiary/aromatic N) is 1. The highest BCUT2D eigenvalue weighted by Crippen LogP contribution is 2.32. The number of amides is 4. The first-order valence-electron chi connectivity index (χ1n) is 6.94. The molecule has 0 radical (unpaired) electrons. The summed E-state index contributed by atoms with van der Waals surface area (Å²) < 4.78 is 5.01. The lowest BCUT2D eigenvalue weighted by Gasteiger charge is -2.12. The van der Waals surface area contributed by atoms with Gasteiger partial charge in [-0.1, -0.05) is 0 Å². The molecule has 2 heterocycles. The van der Waals surface area contributed by atoms with Crippen LogP contribution in [-0.4, -0.2) is 48.4 Å². The Morgan fingerprint density at radius 2 is 2.04 bits per heavy atom. The highest BCUT2D eigenvalue weighted by Gasteiger charge is 2.28. The molecule has 1 aliphatic rings. The molecule has 23 heavy (non-hydrogen) atoms. The van der Waals surface area contributed by atoms with E-state index in [4.69, 9.17) is 4.74 Å². The molecule has 1 aliphatic heterocycles. The SMILES string of the molecule is CC(=O)Nc1sc(C)c(C)c1C(=O)OCC(=O)N1CCNC1=O. The fourth-order valence-corrected chi connectivity index (χ4v) is 3.20. The summed E-state index contributed by atoms with van der Waals surface area (Å²) >= 11 is 1.27. The molecule has 1 saturated heterocycles. The van der Waals surface area contributed by atoms with Gasteiger partial charge in [-0.25, -0.2) is 9.59 Å². The van der Waals surface area contributed by atoms with Crippen molar-refractivity contribution in [3.63, 3.8) is 0 Å². The van der Waals surface area contributed by atoms with Crippen molar-refractivity contribution in [3.05, 3.63) is 16.0 Å². The van der Waals surface area contributed by atoms with E-state index in [2.05, 4.69) is 10.6 Å². The average Bonchev–Trinajstić information content (AvgIpc) is 3.00. The minimum absolute atomic E-state index is 0.237. The second kappa shape index (κ2) is 6.78. The molecular formula is C14H17N3O5S. The van der Waals surface area contributed by atoms with Crippen molar-refractivity contribution in [1.29, 1.82) is 0 Å². The number of carbonyl (C=O) groups is 4. The van der Waals surface area contributed by atoms with E-state index >= 15 is 0 Å². The number of carbonyl (C=O) groups excluding carboxylic acids is 4. The predicted octanol–water partition coefficient (Wildman–Crippen LogP) is 1.03. The van der Waals surface area contributed by atoms with E-state index in [1.807, 2.05) is 6.92 Å². The molecule has 9 heteroatoms. The van der Waals surface area contributed by atoms with Gasteiger partial charge >= 0.3 is 12.0 Å². The van der Waals surface area contributed by atoms with Crippen LogP contribution in [-0.2, 0) is 14.3 Å². The topological polar surface area (TPSA) is 105 Å². The van der Waals surface area contributed by atoms with Crippen molar-refractivity contribution in [3.8, 4) is 0 Å². The highest BCUT2D eigenvalue weighted by atomic mass is 32.1. The summed E-state index contributed by atoms with van der Waals surface area (Å²) in [4.78, 5) is 48.6. The average molecular weight is 339 g/mol. The molecule has 1 fully saturated rings. The molecule has 2 rings (SSSR count). The van der Waals surface area contributed by atoms with Crippen molar-refractivity contribution in [1.82, 2.24) is 10.2 Å². The second-order valence-corrected chi connectivity index (χ2v) is 6.25. The summed E-state index contributed by atoms with van der Waals surface area (Å²) in [6, 6.07) is -0.493. The van der Waals surface area contributed by atoms with Crippen LogP contribution in [0.4, 0.5) is 9.80 Å². The largest absolute Gasteiger partial charge is 0.452 e. The van der Waals surface area contributed by atoms with E-state index in [-0.39, 0.29) is 18.0 Å². The fourth-order valence-electron chi connectivity index (χ4n) is 2.11. The van der Waals surface area contributed by atoms with Gasteiger partial charge in [0.05, 0.1) is 5.56 Å². The van der Waals surface area contributed by atoms with Crippen molar-refractivity contribution in [2.75, 3.05) is 25.0 Å². The molecule has 0 aliphatic carbocycles. The van der Waals surface area contributed by atoms with Gasteiger partial charge < -0.3 is 15.4 Å². The monoisotopic (exact) mass is 339 g/mol. The number of anilines is 1. The Kier molecular flexibility index (Phi) is 4.99. The number of ether oxygens (including phenoxy) is 1. The molecule has 2 N–H and O–H groups in total. The molecule has 8 nitrogen and oxygen atoms in total. The van der Waals surface area contributed by atoms with Gasteiger partial charge in [0.25, 0.3) is 5.91 Å². The zero-order valence-electron chi connectivity index (χ0n) is 13.0. The van der Waals surface area contributed by atoms with Crippen LogP contribution in [0.25, 0.3) is 0 Å². The number of imide groups is 1. The first-order valence-corrected chi connectivity index (χ1v) is 7.75. The number of thiophene rings is 1. The van der Waals surface area contributed by atoms with Crippen LogP contribution in [0.3, 0.4) is 0 Å². The maximum absolute atomic E-state index is 12.2. The molecule has 0 bridgehead atoms. The van der Waals surface area contributed by atoms with Crippen molar-refractivity contribution >= 4 is 40.2 Å². The van der Waals surface area contributed by atoms with Crippen molar-refractivity contribution < 1.29 is 23.9 Å². The fraction of sp³-hybridized carbons (Fsp3) is 0.429. The van der Waals surface area contributed by atoms with E-state index in [1.165, 1.54) is 18.3 Å². The van der Waals surface area contributed by atoms with Gasteiger partial charge in [0.2, 0.25) is 5.91 Å². The maximum Gasteiger partial charge on any atom is 0.341 e. The molecule has 0 atom stereocenters. The normalized spacial score (nSPS) is 13.7. The minimum Gasteiger partial charge on any atom is -0.452 e. The van der Waals surface area contributed by atoms with Gasteiger partial charge in [-0.2, -0.15) is 0 Å². The lowest BCUT2D eigenvalue weighted by molar-refractivity contribution is -0.130. The first-order chi connectivity index (χ1) is 10.8. The number of rotatable bonds is 4. The van der Waals surface area contributed by atoms with Crippen LogP contribution in [0.2, 0.25) is 0 Å². The van der Waals surface area contributed by atoms with E-state index in [0.717, 1.165) is 9.78 Å². The molecular weight excluding hydrogens is 322 g/mol. The van der Waals surface area contributed by atoms with E-state index < -0.39 is 24.5 Å². The predicted molar refractivity (Wildman–Crippen MR) is 83.5 cm³/mol. The summed E-state index contributed by atoms with van der Waals surface area (Å²) in [6.45, 7) is 5.01. The molecule has 1 aromatic rings. The Bertz CT molecular complexity index is 682. The lowest BCUT2D eigenvalue weighted by atomic mass is 10.1. The van der Waals surface area contributed by atoms with Gasteiger partial charge in [-0.05, 0) is 19.4 Å². The van der Waals surface area contributed by atoms with Crippen LogP contribution >= 0.6 is 11.3 Å². The Balaban J connectivity index is 2.07. The number of hydrogen-bond acceptors (Lipinski definition) is 6. The first kappa shape index (κ1) is 16.9. The Morgan fingerprint density at radius 3 is 2.61 bits per heavy atom. The molecule has 1 aromatic heterocycles. The quantitative estimate of drug-likeness (QED) is 0.797. The molecule has 4 amide bonds. The minimum atomic E-state index is -0.705. The highest BCUT2D eigenvalue weighted by molar-refractivity contribution is 7.16. The zero-order chi connectivity index (χ0) is 17.1. The number of aryl methyl sites for hydroxylation is 1. The maximum atomic E-state index is 12.2. The van der Waals surface area contributed by atoms with Crippen LogP contribution in [0.5, 0.6) is 0 Å². The lowest BCUT2D eigenvalue weighted by Crippen LogP contribution is -2.37. The van der Waals surface area contributed by atoms with Crippen LogP contribution < -0.4 is 10.6 Å². The molecule has 0 saturated carbocycles. The van der Waals surface area contributed by atoms with Crippen molar-refractivity contribution in [2.45, 2.75) is 20.8 Å². The van der Waals surface area contributed by atoms with Gasteiger partial charge in [0, 0.05) is 24.9 Å². The molecule has 0 aromatic carbocycles. The summed E-state index contributed by atoms with van der Waals surface area (Å²) in [5, 5.41) is 5.47. The number of nitrogens with one attached hydrogen (secondary N) is 2. The smallest absolute Gasteiger partial charge is 0.341 e. The third-order valence-electron chi connectivity index (χ3n) is 3.36. The van der Waals surface area contributed by atoms with Crippen molar-refractivity contribution in [2.24, 2.45) is 0 Å². The number of urea groups is 1. The third-order valence-corrected chi connectivity index (χ3v) is 4.49. The standard InChI is InChI=1S/C14H17N3O5S/c1-7-8(2)23-12(16-9(3)18)11(7)13(20)22-6-10(19)17-5-4-15-14(17)21/h4-6H2,1-3H3,(H,15,21)(H,16,18). The summed E-state index contributed by atoms with van der Waals surface area (Å²) in [6.07, 6.45) is 0. The van der Waals surface area contributed by atoms with Crippen LogP contribution in [0, 0.1) is 13.8 Å². The van der Waals surface area contributed by atoms with Crippen LogP contribution in [0.15, 0.2) is 0 Å². The van der Waals surface area contributed by atoms with Gasteiger partial charge in [0.1, 0.15) is 5.00 Å². The van der Waals surface area contributed by atoms with Gasteiger partial charge in [-0.15, -0.1) is 11.3 Å². The van der Waals surface area contributed by atoms with Gasteiger partial charge in [-0.3, -0.25) is 14.5 Å². The van der Waals surface area contributed by atoms with E-state index in [1.54, 1.807) is 6.92 Å². The number of esters is 1. The van der Waals surface area contributed by atoms with E-state index in [9.17, 15) is 19.2 Å². The van der Waals surface area contributed by atoms with Crippen LogP contribution in [0.1, 0.15) is 27.7 Å². The summed E-state index contributed by atoms with van der Waals surface area (Å²) in [5.41, 5.74) is 0.927. The summed E-state index contributed by atoms with van der Waals surface area (Å²) in [5.74, 6) is -1.59. The third kappa shape index (κ3) is 3.67. The zero-order valence-corrected chi connectivity index (χ0v) is 13.8. The van der Waals surface area contributed by atoms with Gasteiger partial charge in [0.15, 0.2) is 6.61 Å². The van der Waals surface area contributed by atoms with E-state index in [0.29, 0.717) is 17.1 Å². The Labute approximate surface area is 136 Å².